The number of benzene rings is 2. The van der Waals surface area contributed by atoms with Gasteiger partial charge < -0.3 is 14.2 Å². The van der Waals surface area contributed by atoms with Gasteiger partial charge in [0.05, 0.1) is 23.2 Å². The number of alkyl halides is 3. The van der Waals surface area contributed by atoms with E-state index in [0.717, 1.165) is 40.3 Å². The molecule has 2 aromatic carbocycles. The van der Waals surface area contributed by atoms with Crippen LogP contribution in [0.4, 0.5) is 13.2 Å². The van der Waals surface area contributed by atoms with E-state index >= 15 is 0 Å². The Morgan fingerprint density at radius 3 is 2.36 bits per heavy atom. The Morgan fingerprint density at radius 1 is 1.08 bits per heavy atom. The quantitative estimate of drug-likeness (QED) is 0.270. The summed E-state index contributed by atoms with van der Waals surface area (Å²) in [5.41, 5.74) is 2.74. The van der Waals surface area contributed by atoms with Crippen LogP contribution in [0.5, 0.6) is 5.75 Å². The average Bonchev–Trinajstić information content (AvgIpc) is 3.25. The van der Waals surface area contributed by atoms with Crippen LogP contribution in [0.3, 0.4) is 0 Å². The summed E-state index contributed by atoms with van der Waals surface area (Å²) in [6, 6.07) is 10.8. The zero-order valence-electron chi connectivity index (χ0n) is 20.9. The van der Waals surface area contributed by atoms with Gasteiger partial charge in [0.25, 0.3) is 0 Å². The molecule has 3 rings (SSSR count). The fraction of sp³-hybridized carbons (Fsp3) is 0.407. The average molecular weight is 522 g/mol. The van der Waals surface area contributed by atoms with Gasteiger partial charge in [0.2, 0.25) is 0 Å². The summed E-state index contributed by atoms with van der Waals surface area (Å²) in [5.74, 6) is 0.274. The molecule has 0 saturated heterocycles. The Morgan fingerprint density at radius 2 is 1.78 bits per heavy atom. The van der Waals surface area contributed by atoms with Crippen LogP contribution >= 0.6 is 11.3 Å². The van der Waals surface area contributed by atoms with Crippen LogP contribution in [-0.2, 0) is 33.3 Å². The van der Waals surface area contributed by atoms with E-state index in [2.05, 4.69) is 4.98 Å². The molecule has 0 saturated carbocycles. The summed E-state index contributed by atoms with van der Waals surface area (Å²) in [4.78, 5) is 17.5. The Bertz CT molecular complexity index is 1170. The third-order valence-electron chi connectivity index (χ3n) is 5.77. The first-order valence-electron chi connectivity index (χ1n) is 11.7. The van der Waals surface area contributed by atoms with Crippen LogP contribution in [0.15, 0.2) is 42.5 Å². The molecule has 0 N–H and O–H groups in total. The SMILES string of the molecule is CCO[C@@H](Cc1ccc(O[C@H](C)c2sc(-c3ccc(C(F)(F)F)cc3)nc2C)cc1CC)C(=O)OC. The molecule has 0 radical (unpaired) electrons. The number of thiazole rings is 1. The van der Waals surface area contributed by atoms with Crippen LogP contribution in [0, 0.1) is 6.92 Å². The molecule has 0 unspecified atom stereocenters. The van der Waals surface area contributed by atoms with E-state index in [1.165, 1.54) is 30.6 Å². The Hall–Kier alpha value is -2.91. The van der Waals surface area contributed by atoms with Crippen molar-refractivity contribution in [2.45, 2.75) is 58.9 Å². The van der Waals surface area contributed by atoms with Gasteiger partial charge in [0.1, 0.15) is 16.9 Å². The second-order valence-corrected chi connectivity index (χ2v) is 9.29. The molecule has 0 bridgehead atoms. The van der Waals surface area contributed by atoms with Crippen molar-refractivity contribution in [3.8, 4) is 16.3 Å². The van der Waals surface area contributed by atoms with Crippen molar-refractivity contribution in [2.24, 2.45) is 0 Å². The van der Waals surface area contributed by atoms with Crippen LogP contribution in [0.2, 0.25) is 0 Å². The van der Waals surface area contributed by atoms with Crippen molar-refractivity contribution in [3.63, 3.8) is 0 Å². The molecule has 1 heterocycles. The van der Waals surface area contributed by atoms with Gasteiger partial charge in [-0.05, 0) is 62.6 Å². The molecule has 0 fully saturated rings. The third-order valence-corrected chi connectivity index (χ3v) is 7.14. The first kappa shape index (κ1) is 27.7. The number of carbonyl (C=O) groups excluding carboxylic acids is 1. The number of methoxy groups -OCH3 is 1. The molecule has 5 nitrogen and oxygen atoms in total. The van der Waals surface area contributed by atoms with E-state index in [4.69, 9.17) is 14.2 Å². The summed E-state index contributed by atoms with van der Waals surface area (Å²) in [5, 5.41) is 0.640. The molecule has 3 aromatic rings. The Labute approximate surface area is 213 Å². The second kappa shape index (κ2) is 11.9. The zero-order chi connectivity index (χ0) is 26.5. The van der Waals surface area contributed by atoms with Crippen LogP contribution < -0.4 is 4.74 Å². The highest BCUT2D eigenvalue weighted by Crippen LogP contribution is 2.36. The monoisotopic (exact) mass is 521 g/mol. The van der Waals surface area contributed by atoms with Crippen molar-refractivity contribution >= 4 is 17.3 Å². The lowest BCUT2D eigenvalue weighted by Gasteiger charge is -2.19. The number of hydrogen-bond acceptors (Lipinski definition) is 6. The number of carbonyl (C=O) groups is 1. The number of nitrogens with zero attached hydrogens (tertiary/aromatic N) is 1. The first-order chi connectivity index (χ1) is 17.1. The lowest BCUT2D eigenvalue weighted by atomic mass is 9.99. The maximum atomic E-state index is 12.9. The molecular weight excluding hydrogens is 491 g/mol. The van der Waals surface area contributed by atoms with Crippen molar-refractivity contribution in [3.05, 3.63) is 69.7 Å². The molecule has 194 valence electrons. The number of ether oxygens (including phenoxy) is 3. The van der Waals surface area contributed by atoms with Gasteiger partial charge in [-0.25, -0.2) is 9.78 Å². The summed E-state index contributed by atoms with van der Waals surface area (Å²) in [6.45, 7) is 8.05. The van der Waals surface area contributed by atoms with Crippen molar-refractivity contribution < 1.29 is 32.2 Å². The Kier molecular flexibility index (Phi) is 9.13. The predicted molar refractivity (Wildman–Crippen MR) is 133 cm³/mol. The molecule has 36 heavy (non-hydrogen) atoms. The van der Waals surface area contributed by atoms with Gasteiger partial charge in [0, 0.05) is 18.6 Å². The molecular formula is C27H30F3NO4S. The van der Waals surface area contributed by atoms with Crippen LogP contribution in [-0.4, -0.2) is 30.8 Å². The maximum Gasteiger partial charge on any atom is 0.416 e. The third kappa shape index (κ3) is 6.64. The van der Waals surface area contributed by atoms with E-state index in [0.29, 0.717) is 29.3 Å². The molecule has 0 aliphatic heterocycles. The predicted octanol–water partition coefficient (Wildman–Crippen LogP) is 6.96. The molecule has 0 amide bonds. The first-order valence-corrected chi connectivity index (χ1v) is 12.5. The van der Waals surface area contributed by atoms with Gasteiger partial charge in [-0.15, -0.1) is 11.3 Å². The van der Waals surface area contributed by atoms with Gasteiger partial charge >= 0.3 is 12.1 Å². The normalized spacial score (nSPS) is 13.3. The van der Waals surface area contributed by atoms with E-state index < -0.39 is 23.8 Å². The molecule has 1 aromatic heterocycles. The summed E-state index contributed by atoms with van der Waals surface area (Å²) < 4.78 is 55.3. The number of hydrogen-bond donors (Lipinski definition) is 0. The van der Waals surface area contributed by atoms with Crippen molar-refractivity contribution in [2.75, 3.05) is 13.7 Å². The fourth-order valence-corrected chi connectivity index (χ4v) is 4.97. The van der Waals surface area contributed by atoms with E-state index in [1.807, 2.05) is 45.9 Å². The summed E-state index contributed by atoms with van der Waals surface area (Å²) in [6.07, 6.45) is -4.20. The van der Waals surface area contributed by atoms with Crippen molar-refractivity contribution in [1.29, 1.82) is 0 Å². The van der Waals surface area contributed by atoms with E-state index in [9.17, 15) is 18.0 Å². The van der Waals surface area contributed by atoms with E-state index in [-0.39, 0.29) is 6.10 Å². The molecule has 0 spiro atoms. The molecule has 9 heteroatoms. The fourth-order valence-electron chi connectivity index (χ4n) is 3.91. The molecule has 0 aliphatic carbocycles. The minimum atomic E-state index is -4.37. The lowest BCUT2D eigenvalue weighted by Crippen LogP contribution is -2.28. The Balaban J connectivity index is 1.76. The van der Waals surface area contributed by atoms with Gasteiger partial charge in [0.15, 0.2) is 6.10 Å². The van der Waals surface area contributed by atoms with Gasteiger partial charge in [-0.2, -0.15) is 13.2 Å². The van der Waals surface area contributed by atoms with Crippen molar-refractivity contribution in [1.82, 2.24) is 4.98 Å². The van der Waals surface area contributed by atoms with E-state index in [1.54, 1.807) is 0 Å². The minimum Gasteiger partial charge on any atom is -0.485 e. The summed E-state index contributed by atoms with van der Waals surface area (Å²) >= 11 is 1.40. The molecule has 0 aliphatic rings. The van der Waals surface area contributed by atoms with Crippen LogP contribution in [0.1, 0.15) is 54.1 Å². The van der Waals surface area contributed by atoms with Gasteiger partial charge in [-0.1, -0.05) is 25.1 Å². The highest BCUT2D eigenvalue weighted by molar-refractivity contribution is 7.15. The maximum absolute atomic E-state index is 12.9. The minimum absolute atomic E-state index is 0.313. The highest BCUT2D eigenvalue weighted by Gasteiger charge is 2.30. The number of rotatable bonds is 10. The number of halogens is 3. The van der Waals surface area contributed by atoms with Gasteiger partial charge in [-0.3, -0.25) is 0 Å². The summed E-state index contributed by atoms with van der Waals surface area (Å²) in [7, 11) is 1.35. The second-order valence-electron chi connectivity index (χ2n) is 8.26. The number of esters is 1. The lowest BCUT2D eigenvalue weighted by molar-refractivity contribution is -0.153. The van der Waals surface area contributed by atoms with Crippen LogP contribution in [0.25, 0.3) is 10.6 Å². The topological polar surface area (TPSA) is 57.7 Å². The number of aryl methyl sites for hydroxylation is 2. The number of aromatic nitrogens is 1. The highest BCUT2D eigenvalue weighted by atomic mass is 32.1. The smallest absolute Gasteiger partial charge is 0.416 e. The largest absolute Gasteiger partial charge is 0.485 e. The standard InChI is InChI=1S/C27H30F3NO4S/c1-6-18-14-22(13-10-20(18)15-23(34-7-2)26(32)33-5)35-17(4)24-16(3)31-25(36-24)19-8-11-21(12-9-19)27(28,29)30/h8-14,17,23H,6-7,15H2,1-5H3/t17-,23+/m1/s1. The zero-order valence-corrected chi connectivity index (χ0v) is 21.8. The molecule has 2 atom stereocenters.